The maximum absolute atomic E-state index is 14.2. The molecule has 2 aromatic rings. The van der Waals surface area contributed by atoms with Crippen molar-refractivity contribution in [2.75, 3.05) is 4.90 Å². The smallest absolute Gasteiger partial charge is 0.348 e. The molecule has 7 nitrogen and oxygen atoms in total. The summed E-state index contributed by atoms with van der Waals surface area (Å²) in [5.41, 5.74) is 1.56. The van der Waals surface area contributed by atoms with Gasteiger partial charge in [-0.15, -0.1) is 11.3 Å². The molecule has 0 saturated heterocycles. The molecule has 38 heavy (non-hydrogen) atoms. The Balaban J connectivity index is 1.65. The second-order valence-corrected chi connectivity index (χ2v) is 12.5. The number of hydrogen-bond donors (Lipinski definition) is 1. The molecule has 1 N–H and O–H groups in total. The Bertz CT molecular complexity index is 1240. The Labute approximate surface area is 229 Å². The Hall–Kier alpha value is -3.18. The molecule has 8 heteroatoms. The van der Waals surface area contributed by atoms with Crippen molar-refractivity contribution in [1.29, 1.82) is 0 Å². The van der Waals surface area contributed by atoms with Crippen LogP contribution in [0.25, 0.3) is 0 Å². The molecule has 1 fully saturated rings. The van der Waals surface area contributed by atoms with E-state index in [0.717, 1.165) is 30.6 Å². The van der Waals surface area contributed by atoms with Crippen molar-refractivity contribution in [1.82, 2.24) is 9.97 Å². The van der Waals surface area contributed by atoms with Gasteiger partial charge in [-0.1, -0.05) is 30.4 Å². The van der Waals surface area contributed by atoms with Crippen LogP contribution in [0.5, 0.6) is 6.01 Å². The standard InChI is InChI=1S/C30H37N3O4S/c1-19-7-12-24(20(2)17-19)27(34)33(21-8-10-22(11-9-21)37-29-31-15-6-16-32-29)25-18-23(13-14-30(3,4)5)38-26(25)28(35)36/h6-7,15-16,18,20-22,24H,8-12,17H2,1-5H3,(H,35,36). The fourth-order valence-electron chi connectivity index (χ4n) is 5.25. The minimum atomic E-state index is -1.03. The molecule has 0 radical (unpaired) electrons. The fraction of sp³-hybridized carbons (Fsp3) is 0.533. The fourth-order valence-corrected chi connectivity index (χ4v) is 6.09. The van der Waals surface area contributed by atoms with E-state index in [1.807, 2.05) is 20.8 Å². The number of thiophene rings is 1. The number of carbonyl (C=O) groups excluding carboxylic acids is 1. The van der Waals surface area contributed by atoms with E-state index in [9.17, 15) is 14.7 Å². The summed E-state index contributed by atoms with van der Waals surface area (Å²) in [5.74, 6) is 5.33. The van der Waals surface area contributed by atoms with Gasteiger partial charge >= 0.3 is 12.0 Å². The van der Waals surface area contributed by atoms with Gasteiger partial charge in [0.25, 0.3) is 0 Å². The monoisotopic (exact) mass is 535 g/mol. The number of allylic oxidation sites excluding steroid dienone is 2. The van der Waals surface area contributed by atoms with E-state index in [2.05, 4.69) is 41.7 Å². The Morgan fingerprint density at radius 3 is 2.45 bits per heavy atom. The number of carboxylic acid groups (broad SMARTS) is 1. The van der Waals surface area contributed by atoms with Crippen LogP contribution in [0.4, 0.5) is 5.69 Å². The highest BCUT2D eigenvalue weighted by atomic mass is 32.1. The summed E-state index contributed by atoms with van der Waals surface area (Å²) >= 11 is 1.15. The number of aromatic carboxylic acids is 1. The summed E-state index contributed by atoms with van der Waals surface area (Å²) in [6, 6.07) is 3.79. The van der Waals surface area contributed by atoms with E-state index >= 15 is 0 Å². The average molecular weight is 536 g/mol. The molecule has 2 aromatic heterocycles. The quantitative estimate of drug-likeness (QED) is 0.342. The van der Waals surface area contributed by atoms with Crippen molar-refractivity contribution < 1.29 is 19.4 Å². The molecule has 2 atom stereocenters. The summed E-state index contributed by atoms with van der Waals surface area (Å²) in [6.07, 6.45) is 9.84. The number of anilines is 1. The first kappa shape index (κ1) is 27.8. The SMILES string of the molecule is CC1=CCC(C(=O)N(c2cc(C#CC(C)(C)C)sc2C(=O)O)C2CCC(Oc3ncccn3)CC2)C(C)C1. The van der Waals surface area contributed by atoms with Crippen molar-refractivity contribution in [3.05, 3.63) is 45.9 Å². The van der Waals surface area contributed by atoms with Gasteiger partial charge in [-0.2, -0.15) is 0 Å². The van der Waals surface area contributed by atoms with Crippen LogP contribution in [0.3, 0.4) is 0 Å². The van der Waals surface area contributed by atoms with Gasteiger partial charge in [0.05, 0.1) is 10.6 Å². The van der Waals surface area contributed by atoms with Crippen molar-refractivity contribution in [2.24, 2.45) is 17.3 Å². The molecule has 2 unspecified atom stereocenters. The van der Waals surface area contributed by atoms with Crippen LogP contribution in [-0.4, -0.2) is 39.1 Å². The van der Waals surface area contributed by atoms with Crippen molar-refractivity contribution in [3.63, 3.8) is 0 Å². The number of nitrogens with zero attached hydrogens (tertiary/aromatic N) is 3. The average Bonchev–Trinajstić information content (AvgIpc) is 3.28. The predicted molar refractivity (Wildman–Crippen MR) is 149 cm³/mol. The number of amides is 1. The van der Waals surface area contributed by atoms with Gasteiger partial charge in [-0.25, -0.2) is 14.8 Å². The van der Waals surface area contributed by atoms with Gasteiger partial charge in [0.15, 0.2) is 0 Å². The van der Waals surface area contributed by atoms with Crippen LogP contribution >= 0.6 is 11.3 Å². The van der Waals surface area contributed by atoms with E-state index in [0.29, 0.717) is 35.8 Å². The third-order valence-electron chi connectivity index (χ3n) is 7.16. The summed E-state index contributed by atoms with van der Waals surface area (Å²) in [4.78, 5) is 37.5. The molecule has 0 bridgehead atoms. The zero-order chi connectivity index (χ0) is 27.4. The third-order valence-corrected chi connectivity index (χ3v) is 8.18. The minimum Gasteiger partial charge on any atom is -0.477 e. The lowest BCUT2D eigenvalue weighted by Crippen LogP contribution is -2.48. The summed E-state index contributed by atoms with van der Waals surface area (Å²) < 4.78 is 5.98. The van der Waals surface area contributed by atoms with E-state index in [1.54, 1.807) is 29.4 Å². The molecule has 0 spiro atoms. The lowest BCUT2D eigenvalue weighted by atomic mass is 9.79. The molecular formula is C30H37N3O4S. The van der Waals surface area contributed by atoms with Crippen LogP contribution in [0.1, 0.15) is 87.7 Å². The van der Waals surface area contributed by atoms with Crippen LogP contribution in [-0.2, 0) is 4.79 Å². The normalized spacial score (nSPS) is 23.6. The number of carbonyl (C=O) groups is 2. The lowest BCUT2D eigenvalue weighted by molar-refractivity contribution is -0.124. The summed E-state index contributed by atoms with van der Waals surface area (Å²) in [5, 5.41) is 10.1. The second kappa shape index (κ2) is 11.7. The summed E-state index contributed by atoms with van der Waals surface area (Å²) in [7, 11) is 0. The number of ether oxygens (including phenoxy) is 1. The first-order valence-electron chi connectivity index (χ1n) is 13.3. The highest BCUT2D eigenvalue weighted by molar-refractivity contribution is 7.15. The van der Waals surface area contributed by atoms with Crippen LogP contribution < -0.4 is 9.64 Å². The molecule has 2 aliphatic carbocycles. The minimum absolute atomic E-state index is 0.00708. The predicted octanol–water partition coefficient (Wildman–Crippen LogP) is 6.35. The highest BCUT2D eigenvalue weighted by Gasteiger charge is 2.39. The Morgan fingerprint density at radius 1 is 1.16 bits per heavy atom. The van der Waals surface area contributed by atoms with Gasteiger partial charge in [0, 0.05) is 29.8 Å². The maximum atomic E-state index is 14.2. The van der Waals surface area contributed by atoms with E-state index in [4.69, 9.17) is 4.74 Å². The van der Waals surface area contributed by atoms with E-state index in [-0.39, 0.29) is 40.2 Å². The highest BCUT2D eigenvalue weighted by Crippen LogP contribution is 2.39. The van der Waals surface area contributed by atoms with Crippen molar-refractivity contribution in [3.8, 4) is 17.9 Å². The zero-order valence-electron chi connectivity index (χ0n) is 22.9. The molecule has 0 aromatic carbocycles. The molecular weight excluding hydrogens is 498 g/mol. The number of hydrogen-bond acceptors (Lipinski definition) is 6. The number of aromatic nitrogens is 2. The zero-order valence-corrected chi connectivity index (χ0v) is 23.7. The molecule has 0 aliphatic heterocycles. The lowest BCUT2D eigenvalue weighted by Gasteiger charge is -2.40. The number of carboxylic acids is 1. The van der Waals surface area contributed by atoms with Gasteiger partial charge in [0.2, 0.25) is 5.91 Å². The van der Waals surface area contributed by atoms with Crippen molar-refractivity contribution in [2.45, 2.75) is 85.3 Å². The summed E-state index contributed by atoms with van der Waals surface area (Å²) in [6.45, 7) is 10.3. The van der Waals surface area contributed by atoms with Crippen LogP contribution in [0.15, 0.2) is 36.2 Å². The van der Waals surface area contributed by atoms with Gasteiger partial charge in [0.1, 0.15) is 11.0 Å². The van der Waals surface area contributed by atoms with Gasteiger partial charge in [-0.05, 0) is 84.3 Å². The molecule has 202 valence electrons. The Morgan fingerprint density at radius 2 is 1.84 bits per heavy atom. The van der Waals surface area contributed by atoms with Crippen LogP contribution in [0, 0.1) is 29.1 Å². The molecule has 2 heterocycles. The topological polar surface area (TPSA) is 92.6 Å². The second-order valence-electron chi connectivity index (χ2n) is 11.5. The first-order chi connectivity index (χ1) is 18.0. The third kappa shape index (κ3) is 6.82. The largest absolute Gasteiger partial charge is 0.477 e. The first-order valence-corrected chi connectivity index (χ1v) is 14.2. The van der Waals surface area contributed by atoms with Gasteiger partial charge in [-0.3, -0.25) is 4.79 Å². The van der Waals surface area contributed by atoms with Gasteiger partial charge < -0.3 is 14.7 Å². The van der Waals surface area contributed by atoms with Crippen LogP contribution in [0.2, 0.25) is 0 Å². The van der Waals surface area contributed by atoms with E-state index < -0.39 is 5.97 Å². The maximum Gasteiger partial charge on any atom is 0.348 e. The van der Waals surface area contributed by atoms with E-state index in [1.165, 1.54) is 5.57 Å². The molecule has 1 saturated carbocycles. The molecule has 2 aliphatic rings. The molecule has 1 amide bonds. The van der Waals surface area contributed by atoms with Crippen molar-refractivity contribution >= 4 is 28.9 Å². The number of rotatable bonds is 6. The Kier molecular flexibility index (Phi) is 8.57. The molecule has 4 rings (SSSR count).